The van der Waals surface area contributed by atoms with E-state index >= 15 is 0 Å². The summed E-state index contributed by atoms with van der Waals surface area (Å²) < 4.78 is 12.8. The molecular weight excluding hydrogens is 267 g/mol. The molecule has 68 valence electrons. The lowest BCUT2D eigenvalue weighted by Gasteiger charge is -2.25. The highest BCUT2D eigenvalue weighted by molar-refractivity contribution is 14.1. The lowest BCUT2D eigenvalue weighted by Crippen LogP contribution is -2.29. The summed E-state index contributed by atoms with van der Waals surface area (Å²) in [6.07, 6.45) is 4.85. The van der Waals surface area contributed by atoms with Crippen LogP contribution in [-0.4, -0.2) is 18.0 Å². The van der Waals surface area contributed by atoms with E-state index in [-0.39, 0.29) is 0 Å². The zero-order chi connectivity index (χ0) is 8.77. The van der Waals surface area contributed by atoms with Gasteiger partial charge in [0.25, 0.3) is 0 Å². The standard InChI is InChI=1S/C9H13IO2/c1-3-6-7-4-5-8(10)9(2,11-6)12-7/h5-7H,3-4H2,1-2H3/t6-,7-,9+/m1/s1. The fourth-order valence-corrected chi connectivity index (χ4v) is 2.33. The first-order chi connectivity index (χ1) is 5.65. The molecule has 0 spiro atoms. The summed E-state index contributed by atoms with van der Waals surface area (Å²) in [5.41, 5.74) is 0. The second-order valence-electron chi connectivity index (χ2n) is 3.45. The second-order valence-corrected chi connectivity index (χ2v) is 4.62. The van der Waals surface area contributed by atoms with Crippen LogP contribution in [0.25, 0.3) is 0 Å². The number of hydrogen-bond donors (Lipinski definition) is 0. The molecule has 2 bridgehead atoms. The summed E-state index contributed by atoms with van der Waals surface area (Å²) in [4.78, 5) is 0. The van der Waals surface area contributed by atoms with Crippen LogP contribution >= 0.6 is 22.6 Å². The van der Waals surface area contributed by atoms with Crippen molar-refractivity contribution in [3.8, 4) is 0 Å². The third-order valence-electron chi connectivity index (χ3n) is 2.53. The zero-order valence-electron chi connectivity index (χ0n) is 7.34. The average Bonchev–Trinajstić information content (AvgIpc) is 2.33. The molecule has 2 aliphatic rings. The van der Waals surface area contributed by atoms with Gasteiger partial charge in [-0.15, -0.1) is 0 Å². The van der Waals surface area contributed by atoms with Crippen molar-refractivity contribution >= 4 is 22.6 Å². The Bertz CT molecular complexity index is 227. The molecular formula is C9H13IO2. The summed E-state index contributed by atoms with van der Waals surface area (Å²) in [5.74, 6) is -0.426. The second kappa shape index (κ2) is 2.96. The van der Waals surface area contributed by atoms with Crippen LogP contribution in [0.3, 0.4) is 0 Å². The number of ether oxygens (including phenoxy) is 2. The van der Waals surface area contributed by atoms with Crippen molar-refractivity contribution in [3.63, 3.8) is 0 Å². The largest absolute Gasteiger partial charge is 0.340 e. The van der Waals surface area contributed by atoms with Crippen molar-refractivity contribution < 1.29 is 9.47 Å². The third kappa shape index (κ3) is 1.22. The number of hydrogen-bond acceptors (Lipinski definition) is 2. The topological polar surface area (TPSA) is 18.5 Å². The zero-order valence-corrected chi connectivity index (χ0v) is 9.50. The molecule has 0 aromatic carbocycles. The van der Waals surface area contributed by atoms with E-state index in [1.807, 2.05) is 6.92 Å². The first kappa shape index (κ1) is 8.97. The Hall–Kier alpha value is 0.390. The van der Waals surface area contributed by atoms with Gasteiger partial charge < -0.3 is 9.47 Å². The van der Waals surface area contributed by atoms with Crippen molar-refractivity contribution in [2.24, 2.45) is 0 Å². The van der Waals surface area contributed by atoms with Gasteiger partial charge in [0.15, 0.2) is 5.79 Å². The van der Waals surface area contributed by atoms with Crippen LogP contribution in [0.1, 0.15) is 26.7 Å². The molecule has 1 fully saturated rings. The molecule has 1 saturated heterocycles. The lowest BCUT2D eigenvalue weighted by molar-refractivity contribution is -0.127. The van der Waals surface area contributed by atoms with Gasteiger partial charge in [0.05, 0.1) is 12.2 Å². The van der Waals surface area contributed by atoms with Crippen molar-refractivity contribution in [3.05, 3.63) is 9.66 Å². The molecule has 0 aliphatic carbocycles. The Morgan fingerprint density at radius 1 is 1.67 bits per heavy atom. The first-order valence-electron chi connectivity index (χ1n) is 4.37. The molecule has 0 unspecified atom stereocenters. The van der Waals surface area contributed by atoms with Crippen LogP contribution in [0.15, 0.2) is 9.66 Å². The summed E-state index contributed by atoms with van der Waals surface area (Å²) in [5, 5.41) is 0. The molecule has 12 heavy (non-hydrogen) atoms. The van der Waals surface area contributed by atoms with E-state index < -0.39 is 5.79 Å². The first-order valence-corrected chi connectivity index (χ1v) is 5.45. The monoisotopic (exact) mass is 280 g/mol. The van der Waals surface area contributed by atoms with E-state index in [4.69, 9.17) is 9.47 Å². The normalized spacial score (nSPS) is 46.1. The lowest BCUT2D eigenvalue weighted by atomic mass is 10.1. The molecule has 0 aromatic rings. The molecule has 2 nitrogen and oxygen atoms in total. The van der Waals surface area contributed by atoms with E-state index in [1.54, 1.807) is 0 Å². The van der Waals surface area contributed by atoms with Crippen LogP contribution in [-0.2, 0) is 9.47 Å². The van der Waals surface area contributed by atoms with E-state index in [0.717, 1.165) is 12.8 Å². The fraction of sp³-hybridized carbons (Fsp3) is 0.778. The minimum atomic E-state index is -0.426. The van der Waals surface area contributed by atoms with Crippen molar-refractivity contribution in [2.75, 3.05) is 0 Å². The van der Waals surface area contributed by atoms with Gasteiger partial charge in [0, 0.05) is 3.58 Å². The summed E-state index contributed by atoms with van der Waals surface area (Å²) in [7, 11) is 0. The Balaban J connectivity index is 2.24. The van der Waals surface area contributed by atoms with Gasteiger partial charge in [-0.05, 0) is 42.4 Å². The van der Waals surface area contributed by atoms with E-state index in [2.05, 4.69) is 35.6 Å². The van der Waals surface area contributed by atoms with Gasteiger partial charge in [-0.2, -0.15) is 0 Å². The highest BCUT2D eigenvalue weighted by atomic mass is 127. The highest BCUT2D eigenvalue weighted by Gasteiger charge is 2.47. The van der Waals surface area contributed by atoms with Crippen LogP contribution < -0.4 is 0 Å². The minimum Gasteiger partial charge on any atom is -0.340 e. The van der Waals surface area contributed by atoms with Crippen LogP contribution in [0.2, 0.25) is 0 Å². The summed E-state index contributed by atoms with van der Waals surface area (Å²) in [6, 6.07) is 0. The Kier molecular flexibility index (Phi) is 2.21. The molecule has 2 heterocycles. The Morgan fingerprint density at radius 3 is 3.00 bits per heavy atom. The van der Waals surface area contributed by atoms with Crippen LogP contribution in [0.4, 0.5) is 0 Å². The van der Waals surface area contributed by atoms with Gasteiger partial charge in [-0.3, -0.25) is 0 Å². The molecule has 3 atom stereocenters. The number of fused-ring (bicyclic) bond motifs is 2. The molecule has 0 saturated carbocycles. The molecule has 0 N–H and O–H groups in total. The summed E-state index contributed by atoms with van der Waals surface area (Å²) >= 11 is 2.30. The van der Waals surface area contributed by atoms with Gasteiger partial charge in [-0.1, -0.05) is 13.0 Å². The molecule has 2 aliphatic heterocycles. The maximum atomic E-state index is 5.84. The summed E-state index contributed by atoms with van der Waals surface area (Å²) in [6.45, 7) is 4.15. The van der Waals surface area contributed by atoms with E-state index in [1.165, 1.54) is 3.58 Å². The number of rotatable bonds is 1. The molecule has 2 rings (SSSR count). The van der Waals surface area contributed by atoms with Gasteiger partial charge >= 0.3 is 0 Å². The predicted molar refractivity (Wildman–Crippen MR) is 55.2 cm³/mol. The van der Waals surface area contributed by atoms with Gasteiger partial charge in [0.2, 0.25) is 0 Å². The minimum absolute atomic E-state index is 0.290. The van der Waals surface area contributed by atoms with Crippen LogP contribution in [0, 0.1) is 0 Å². The highest BCUT2D eigenvalue weighted by Crippen LogP contribution is 2.43. The molecule has 0 radical (unpaired) electrons. The van der Waals surface area contributed by atoms with Crippen molar-refractivity contribution in [1.82, 2.24) is 0 Å². The Labute approximate surface area is 86.4 Å². The Morgan fingerprint density at radius 2 is 2.42 bits per heavy atom. The number of halogens is 1. The van der Waals surface area contributed by atoms with Crippen molar-refractivity contribution in [2.45, 2.75) is 44.7 Å². The van der Waals surface area contributed by atoms with E-state index in [0.29, 0.717) is 12.2 Å². The van der Waals surface area contributed by atoms with Gasteiger partial charge in [-0.25, -0.2) is 0 Å². The fourth-order valence-electron chi connectivity index (χ4n) is 1.82. The van der Waals surface area contributed by atoms with E-state index in [9.17, 15) is 0 Å². The smallest absolute Gasteiger partial charge is 0.198 e. The SMILES string of the molecule is CC[C@H]1O[C@@]2(C)O[C@@H]1CC=C2I. The van der Waals surface area contributed by atoms with Crippen LogP contribution in [0.5, 0.6) is 0 Å². The maximum absolute atomic E-state index is 5.84. The molecule has 0 aromatic heterocycles. The average molecular weight is 280 g/mol. The van der Waals surface area contributed by atoms with Crippen molar-refractivity contribution in [1.29, 1.82) is 0 Å². The quantitative estimate of drug-likeness (QED) is 0.687. The molecule has 3 heteroatoms. The predicted octanol–water partition coefficient (Wildman–Crippen LogP) is 2.62. The van der Waals surface area contributed by atoms with Gasteiger partial charge in [0.1, 0.15) is 0 Å². The maximum Gasteiger partial charge on any atom is 0.198 e. The molecule has 0 amide bonds. The third-order valence-corrected chi connectivity index (χ3v) is 3.95.